The van der Waals surface area contributed by atoms with E-state index in [2.05, 4.69) is 32.9 Å². The number of aromatic nitrogens is 1. The van der Waals surface area contributed by atoms with E-state index < -0.39 is 0 Å². The second-order valence-corrected chi connectivity index (χ2v) is 4.96. The molecule has 1 nitrogen and oxygen atoms in total. The molecule has 0 bridgehead atoms. The van der Waals surface area contributed by atoms with Crippen LogP contribution >= 0.6 is 0 Å². The Bertz CT molecular complexity index is 317. The zero-order valence-corrected chi connectivity index (χ0v) is 11.8. The average Bonchev–Trinajstić information content (AvgIpc) is 2.34. The molecule has 1 rings (SSSR count). The van der Waals surface area contributed by atoms with Gasteiger partial charge >= 0.3 is 0 Å². The number of rotatable bonds is 8. The summed E-state index contributed by atoms with van der Waals surface area (Å²) in [6.07, 6.45) is 10.2. The molecule has 0 aromatic carbocycles. The van der Waals surface area contributed by atoms with Gasteiger partial charge in [0.25, 0.3) is 0 Å². The molecule has 0 N–H and O–H groups in total. The SMILES string of the molecule is CCCCCCc1ccc(CCCC)c(C)n1. The summed E-state index contributed by atoms with van der Waals surface area (Å²) >= 11 is 0. The van der Waals surface area contributed by atoms with Gasteiger partial charge in [-0.1, -0.05) is 45.6 Å². The molecule has 96 valence electrons. The van der Waals surface area contributed by atoms with Crippen molar-refractivity contribution in [3.05, 3.63) is 29.1 Å². The molecule has 0 spiro atoms. The minimum absolute atomic E-state index is 1.15. The molecular weight excluding hydrogens is 206 g/mol. The number of unbranched alkanes of at least 4 members (excludes halogenated alkanes) is 4. The Balaban J connectivity index is 2.44. The summed E-state index contributed by atoms with van der Waals surface area (Å²) in [6.45, 7) is 6.65. The maximum atomic E-state index is 4.72. The Hall–Kier alpha value is -0.850. The van der Waals surface area contributed by atoms with Crippen LogP contribution in [0.25, 0.3) is 0 Å². The smallest absolute Gasteiger partial charge is 0.0407 e. The lowest BCUT2D eigenvalue weighted by molar-refractivity contribution is 0.659. The van der Waals surface area contributed by atoms with Gasteiger partial charge in [-0.25, -0.2) is 0 Å². The summed E-state index contributed by atoms with van der Waals surface area (Å²) in [6, 6.07) is 4.51. The van der Waals surface area contributed by atoms with E-state index in [9.17, 15) is 0 Å². The molecule has 0 saturated carbocycles. The first kappa shape index (κ1) is 14.2. The number of hydrogen-bond donors (Lipinski definition) is 0. The normalized spacial score (nSPS) is 10.8. The molecule has 1 heteroatoms. The van der Waals surface area contributed by atoms with Crippen LogP contribution in [0.4, 0.5) is 0 Å². The zero-order valence-electron chi connectivity index (χ0n) is 11.8. The number of aryl methyl sites for hydroxylation is 3. The fraction of sp³-hybridized carbons (Fsp3) is 0.688. The first-order chi connectivity index (χ1) is 8.27. The van der Waals surface area contributed by atoms with Gasteiger partial charge in [0.05, 0.1) is 0 Å². The maximum absolute atomic E-state index is 4.72. The van der Waals surface area contributed by atoms with E-state index in [0.717, 1.165) is 6.42 Å². The number of nitrogens with zero attached hydrogens (tertiary/aromatic N) is 1. The summed E-state index contributed by atoms with van der Waals surface area (Å²) in [4.78, 5) is 4.72. The highest BCUT2D eigenvalue weighted by atomic mass is 14.7. The van der Waals surface area contributed by atoms with Gasteiger partial charge in [0.1, 0.15) is 0 Å². The first-order valence-electron chi connectivity index (χ1n) is 7.23. The Morgan fingerprint density at radius 1 is 0.882 bits per heavy atom. The van der Waals surface area contributed by atoms with E-state index in [4.69, 9.17) is 4.98 Å². The van der Waals surface area contributed by atoms with Gasteiger partial charge in [0, 0.05) is 11.4 Å². The molecule has 0 unspecified atom stereocenters. The van der Waals surface area contributed by atoms with E-state index in [1.54, 1.807) is 0 Å². The first-order valence-corrected chi connectivity index (χ1v) is 7.23. The average molecular weight is 233 g/mol. The van der Waals surface area contributed by atoms with Crippen LogP contribution in [0.5, 0.6) is 0 Å². The minimum Gasteiger partial charge on any atom is -0.258 e. The largest absolute Gasteiger partial charge is 0.258 e. The van der Waals surface area contributed by atoms with Crippen LogP contribution in [0.3, 0.4) is 0 Å². The predicted octanol–water partition coefficient (Wildman–Crippen LogP) is 4.86. The van der Waals surface area contributed by atoms with E-state index in [-0.39, 0.29) is 0 Å². The highest BCUT2D eigenvalue weighted by Crippen LogP contribution is 2.12. The van der Waals surface area contributed by atoms with Crippen LogP contribution in [-0.4, -0.2) is 4.98 Å². The third kappa shape index (κ3) is 5.34. The van der Waals surface area contributed by atoms with Gasteiger partial charge in [0.2, 0.25) is 0 Å². The third-order valence-corrected chi connectivity index (χ3v) is 3.34. The Morgan fingerprint density at radius 2 is 1.65 bits per heavy atom. The summed E-state index contributed by atoms with van der Waals surface area (Å²) in [5.74, 6) is 0. The Morgan fingerprint density at radius 3 is 2.29 bits per heavy atom. The molecule has 1 aromatic heterocycles. The molecule has 0 radical (unpaired) electrons. The molecule has 0 atom stereocenters. The van der Waals surface area contributed by atoms with Crippen LogP contribution in [0.1, 0.15) is 69.3 Å². The topological polar surface area (TPSA) is 12.9 Å². The van der Waals surface area contributed by atoms with Crippen molar-refractivity contribution >= 4 is 0 Å². The molecule has 1 heterocycles. The van der Waals surface area contributed by atoms with Crippen molar-refractivity contribution < 1.29 is 0 Å². The van der Waals surface area contributed by atoms with Gasteiger partial charge < -0.3 is 0 Å². The third-order valence-electron chi connectivity index (χ3n) is 3.34. The quantitative estimate of drug-likeness (QED) is 0.585. The number of hydrogen-bond acceptors (Lipinski definition) is 1. The van der Waals surface area contributed by atoms with E-state index >= 15 is 0 Å². The van der Waals surface area contributed by atoms with Crippen LogP contribution in [0.15, 0.2) is 12.1 Å². The van der Waals surface area contributed by atoms with Crippen molar-refractivity contribution in [3.63, 3.8) is 0 Å². The van der Waals surface area contributed by atoms with Crippen molar-refractivity contribution in [2.75, 3.05) is 0 Å². The van der Waals surface area contributed by atoms with Crippen LogP contribution in [-0.2, 0) is 12.8 Å². The standard InChI is InChI=1S/C16H27N/c1-4-6-8-9-11-16-13-12-15(10-7-5-2)14(3)17-16/h12-13H,4-11H2,1-3H3. The lowest BCUT2D eigenvalue weighted by atomic mass is 10.0. The van der Waals surface area contributed by atoms with Crippen LogP contribution in [0, 0.1) is 6.92 Å². The minimum atomic E-state index is 1.15. The molecule has 0 aliphatic heterocycles. The summed E-state index contributed by atoms with van der Waals surface area (Å²) in [5, 5.41) is 0. The molecule has 0 aliphatic rings. The molecule has 1 aromatic rings. The van der Waals surface area contributed by atoms with Crippen molar-refractivity contribution in [2.45, 2.75) is 72.1 Å². The van der Waals surface area contributed by atoms with E-state index in [1.807, 2.05) is 0 Å². The van der Waals surface area contributed by atoms with Gasteiger partial charge in [-0.2, -0.15) is 0 Å². The monoisotopic (exact) mass is 233 g/mol. The molecule has 0 aliphatic carbocycles. The summed E-state index contributed by atoms with van der Waals surface area (Å²) < 4.78 is 0. The highest BCUT2D eigenvalue weighted by molar-refractivity contribution is 5.22. The molecule has 0 amide bonds. The molecular formula is C16H27N. The lowest BCUT2D eigenvalue weighted by Crippen LogP contribution is -1.98. The van der Waals surface area contributed by atoms with Gasteiger partial charge in [0.15, 0.2) is 0 Å². The van der Waals surface area contributed by atoms with Gasteiger partial charge in [-0.3, -0.25) is 4.98 Å². The van der Waals surface area contributed by atoms with E-state index in [1.165, 1.54) is 61.9 Å². The van der Waals surface area contributed by atoms with Crippen molar-refractivity contribution in [1.29, 1.82) is 0 Å². The lowest BCUT2D eigenvalue weighted by Gasteiger charge is -2.07. The fourth-order valence-electron chi connectivity index (χ4n) is 2.15. The Labute approximate surface area is 107 Å². The second kappa shape index (κ2) is 8.27. The van der Waals surface area contributed by atoms with Crippen molar-refractivity contribution in [3.8, 4) is 0 Å². The molecule has 0 fully saturated rings. The fourth-order valence-corrected chi connectivity index (χ4v) is 2.15. The zero-order chi connectivity index (χ0) is 12.5. The predicted molar refractivity (Wildman–Crippen MR) is 75.4 cm³/mol. The maximum Gasteiger partial charge on any atom is 0.0407 e. The van der Waals surface area contributed by atoms with Gasteiger partial charge in [-0.05, 0) is 44.2 Å². The molecule has 0 saturated heterocycles. The van der Waals surface area contributed by atoms with Crippen LogP contribution < -0.4 is 0 Å². The number of pyridine rings is 1. The highest BCUT2D eigenvalue weighted by Gasteiger charge is 2.01. The van der Waals surface area contributed by atoms with Crippen molar-refractivity contribution in [1.82, 2.24) is 4.98 Å². The Kier molecular flexibility index (Phi) is 6.91. The molecule has 17 heavy (non-hydrogen) atoms. The van der Waals surface area contributed by atoms with Gasteiger partial charge in [-0.15, -0.1) is 0 Å². The van der Waals surface area contributed by atoms with Crippen LogP contribution in [0.2, 0.25) is 0 Å². The summed E-state index contributed by atoms with van der Waals surface area (Å²) in [5.41, 5.74) is 3.95. The van der Waals surface area contributed by atoms with E-state index in [0.29, 0.717) is 0 Å². The van der Waals surface area contributed by atoms with Crippen molar-refractivity contribution in [2.24, 2.45) is 0 Å². The summed E-state index contributed by atoms with van der Waals surface area (Å²) in [7, 11) is 0. The second-order valence-electron chi connectivity index (χ2n) is 4.96.